The van der Waals surface area contributed by atoms with Gasteiger partial charge < -0.3 is 9.47 Å². The van der Waals surface area contributed by atoms with Crippen molar-refractivity contribution in [2.24, 2.45) is 0 Å². The molecular weight excluding hydrogens is 200 g/mol. The quantitative estimate of drug-likeness (QED) is 0.302. The summed E-state index contributed by atoms with van der Waals surface area (Å²) in [7, 11) is 2.73. The summed E-state index contributed by atoms with van der Waals surface area (Å²) in [4.78, 5) is 10.7. The average Bonchev–Trinajstić information content (AvgIpc) is 1.99. The molecule has 0 saturated carbocycles. The lowest BCUT2D eigenvalue weighted by molar-refractivity contribution is -0.139. The van der Waals surface area contributed by atoms with E-state index < -0.39 is 5.97 Å². The van der Waals surface area contributed by atoms with Crippen LogP contribution in [0.25, 0.3) is 0 Å². The Morgan fingerprint density at radius 2 is 2.10 bits per heavy atom. The van der Waals surface area contributed by atoms with E-state index in [9.17, 15) is 4.79 Å². The van der Waals surface area contributed by atoms with Gasteiger partial charge in [0.25, 0.3) is 0 Å². The van der Waals surface area contributed by atoms with E-state index in [1.54, 1.807) is 6.08 Å². The largest absolute Gasteiger partial charge is 0.490 e. The van der Waals surface area contributed by atoms with Crippen LogP contribution in [0.3, 0.4) is 0 Å². The van der Waals surface area contributed by atoms with E-state index in [0.717, 1.165) is 0 Å². The molecule has 0 spiro atoms. The number of halogens is 1. The molecule has 58 valence electrons. The maximum absolute atomic E-state index is 10.7. The number of hydrogen-bond acceptors (Lipinski definition) is 3. The normalized spacial score (nSPS) is 10.9. The highest BCUT2D eigenvalue weighted by atomic mass is 79.9. The number of methoxy groups -OCH3 is 2. The van der Waals surface area contributed by atoms with Crippen molar-refractivity contribution in [1.29, 1.82) is 0 Å². The van der Waals surface area contributed by atoms with Crippen LogP contribution in [-0.2, 0) is 14.3 Å². The molecule has 0 aliphatic heterocycles. The molecule has 0 aliphatic rings. The molecule has 4 heteroatoms. The van der Waals surface area contributed by atoms with Crippen LogP contribution in [0.4, 0.5) is 0 Å². The van der Waals surface area contributed by atoms with Gasteiger partial charge >= 0.3 is 5.97 Å². The second-order valence-electron chi connectivity index (χ2n) is 1.42. The average molecular weight is 209 g/mol. The lowest BCUT2D eigenvalue weighted by Gasteiger charge is -2.01. The molecule has 10 heavy (non-hydrogen) atoms. The van der Waals surface area contributed by atoms with Gasteiger partial charge in [-0.15, -0.1) is 0 Å². The van der Waals surface area contributed by atoms with Crippen LogP contribution in [0.15, 0.2) is 11.8 Å². The van der Waals surface area contributed by atoms with E-state index >= 15 is 0 Å². The zero-order valence-electron chi connectivity index (χ0n) is 5.89. The van der Waals surface area contributed by atoms with Crippen molar-refractivity contribution in [2.45, 2.75) is 0 Å². The smallest absolute Gasteiger partial charge is 0.372 e. The van der Waals surface area contributed by atoms with Crippen molar-refractivity contribution < 1.29 is 14.3 Å². The van der Waals surface area contributed by atoms with E-state index in [1.165, 1.54) is 14.2 Å². The standard InChI is InChI=1S/C6H9BrO3/c1-9-5(3-4-7)6(8)10-2/h3H,4H2,1-2H3. The molecule has 0 unspecified atom stereocenters. The maximum Gasteiger partial charge on any atom is 0.372 e. The Balaban J connectivity index is 4.06. The number of hydrogen-bond donors (Lipinski definition) is 0. The summed E-state index contributed by atoms with van der Waals surface area (Å²) in [5, 5.41) is 0.575. The highest BCUT2D eigenvalue weighted by Gasteiger charge is 2.06. The fraction of sp³-hybridized carbons (Fsp3) is 0.500. The topological polar surface area (TPSA) is 35.5 Å². The van der Waals surface area contributed by atoms with Gasteiger partial charge in [0, 0.05) is 5.33 Å². The van der Waals surface area contributed by atoms with Gasteiger partial charge in [-0.3, -0.25) is 0 Å². The third-order valence-electron chi connectivity index (χ3n) is 0.869. The minimum Gasteiger partial charge on any atom is -0.490 e. The Morgan fingerprint density at radius 3 is 2.40 bits per heavy atom. The molecule has 0 rings (SSSR count). The fourth-order valence-electron chi connectivity index (χ4n) is 0.421. The van der Waals surface area contributed by atoms with Crippen LogP contribution in [-0.4, -0.2) is 25.5 Å². The van der Waals surface area contributed by atoms with E-state index in [1.807, 2.05) is 0 Å². The van der Waals surface area contributed by atoms with Crippen molar-refractivity contribution in [3.05, 3.63) is 11.8 Å². The first kappa shape index (κ1) is 9.49. The first-order valence-electron chi connectivity index (χ1n) is 2.64. The fourth-order valence-corrected chi connectivity index (χ4v) is 0.715. The monoisotopic (exact) mass is 208 g/mol. The van der Waals surface area contributed by atoms with E-state index in [0.29, 0.717) is 5.33 Å². The molecule has 0 atom stereocenters. The summed E-state index contributed by atoms with van der Waals surface area (Å²) in [6.07, 6.45) is 1.59. The minimum absolute atomic E-state index is 0.222. The molecule has 0 amide bonds. The van der Waals surface area contributed by atoms with Crippen molar-refractivity contribution >= 4 is 21.9 Å². The third kappa shape index (κ3) is 2.87. The summed E-state index contributed by atoms with van der Waals surface area (Å²) >= 11 is 3.12. The summed E-state index contributed by atoms with van der Waals surface area (Å²) in [5.41, 5.74) is 0. The zero-order valence-corrected chi connectivity index (χ0v) is 7.47. The third-order valence-corrected chi connectivity index (χ3v) is 1.19. The second-order valence-corrected chi connectivity index (χ2v) is 2.07. The van der Waals surface area contributed by atoms with Crippen molar-refractivity contribution in [2.75, 3.05) is 19.5 Å². The van der Waals surface area contributed by atoms with Gasteiger partial charge in [0.15, 0.2) is 0 Å². The molecule has 0 heterocycles. The van der Waals surface area contributed by atoms with Gasteiger partial charge in [-0.25, -0.2) is 4.79 Å². The Morgan fingerprint density at radius 1 is 1.50 bits per heavy atom. The van der Waals surface area contributed by atoms with Crippen LogP contribution in [0.5, 0.6) is 0 Å². The van der Waals surface area contributed by atoms with Gasteiger partial charge in [-0.2, -0.15) is 0 Å². The lowest BCUT2D eigenvalue weighted by atomic mass is 10.5. The molecule has 0 aromatic carbocycles. The van der Waals surface area contributed by atoms with Crippen LogP contribution in [0.2, 0.25) is 0 Å². The number of carbonyl (C=O) groups excluding carboxylic acids is 1. The number of rotatable bonds is 3. The molecule has 0 radical (unpaired) electrons. The second kappa shape index (κ2) is 5.29. The Labute approximate surface area is 68.1 Å². The highest BCUT2D eigenvalue weighted by Crippen LogP contribution is 1.98. The predicted octanol–water partition coefficient (Wildman–Crippen LogP) is 1.08. The van der Waals surface area contributed by atoms with Gasteiger partial charge in [0.1, 0.15) is 0 Å². The van der Waals surface area contributed by atoms with Gasteiger partial charge in [-0.1, -0.05) is 15.9 Å². The van der Waals surface area contributed by atoms with E-state index in [2.05, 4.69) is 20.7 Å². The van der Waals surface area contributed by atoms with E-state index in [4.69, 9.17) is 4.74 Å². The van der Waals surface area contributed by atoms with Crippen LogP contribution >= 0.6 is 15.9 Å². The summed E-state index contributed by atoms with van der Waals surface area (Å²) in [6, 6.07) is 0. The molecule has 0 aliphatic carbocycles. The van der Waals surface area contributed by atoms with Gasteiger partial charge in [-0.05, 0) is 6.08 Å². The Kier molecular flexibility index (Phi) is 5.02. The highest BCUT2D eigenvalue weighted by molar-refractivity contribution is 9.09. The lowest BCUT2D eigenvalue weighted by Crippen LogP contribution is -2.06. The summed E-state index contributed by atoms with van der Waals surface area (Å²) < 4.78 is 9.10. The number of alkyl halides is 1. The van der Waals surface area contributed by atoms with Crippen molar-refractivity contribution in [1.82, 2.24) is 0 Å². The number of ether oxygens (including phenoxy) is 2. The SMILES string of the molecule is COC(=O)C(=CCBr)OC. The van der Waals surface area contributed by atoms with Crippen LogP contribution in [0.1, 0.15) is 0 Å². The molecule has 3 nitrogen and oxygen atoms in total. The Hall–Kier alpha value is -0.510. The number of esters is 1. The molecule has 0 aromatic rings. The summed E-state index contributed by atoms with van der Waals surface area (Å²) in [6.45, 7) is 0. The van der Waals surface area contributed by atoms with Gasteiger partial charge in [0.05, 0.1) is 14.2 Å². The predicted molar refractivity (Wildman–Crippen MR) is 40.9 cm³/mol. The first-order valence-corrected chi connectivity index (χ1v) is 3.76. The molecule has 0 N–H and O–H groups in total. The molecule has 0 aromatic heterocycles. The molecular formula is C6H9BrO3. The molecule has 0 fully saturated rings. The van der Waals surface area contributed by atoms with Crippen LogP contribution < -0.4 is 0 Å². The van der Waals surface area contributed by atoms with Crippen LogP contribution in [0, 0.1) is 0 Å². The van der Waals surface area contributed by atoms with E-state index in [-0.39, 0.29) is 5.76 Å². The van der Waals surface area contributed by atoms with Gasteiger partial charge in [0.2, 0.25) is 5.76 Å². The Bertz CT molecular complexity index is 142. The zero-order chi connectivity index (χ0) is 7.98. The number of carbonyl (C=O) groups is 1. The minimum atomic E-state index is -0.457. The van der Waals surface area contributed by atoms with Crippen molar-refractivity contribution in [3.8, 4) is 0 Å². The summed E-state index contributed by atoms with van der Waals surface area (Å²) in [5.74, 6) is -0.235. The first-order chi connectivity index (χ1) is 4.76. The molecule has 0 bridgehead atoms. The maximum atomic E-state index is 10.7. The van der Waals surface area contributed by atoms with Crippen molar-refractivity contribution in [3.63, 3.8) is 0 Å². The molecule has 0 saturated heterocycles. The number of allylic oxidation sites excluding steroid dienone is 1.